The van der Waals surface area contributed by atoms with Crippen LogP contribution in [0, 0.1) is 18.3 Å². The van der Waals surface area contributed by atoms with Crippen molar-refractivity contribution in [2.24, 2.45) is 0 Å². The van der Waals surface area contributed by atoms with Crippen LogP contribution in [0.1, 0.15) is 16.7 Å². The Morgan fingerprint density at radius 2 is 1.82 bits per heavy atom. The lowest BCUT2D eigenvalue weighted by Gasteiger charge is -2.10. The number of benzene rings is 4. The minimum Gasteiger partial charge on any atom is -0.489 e. The number of ether oxygens (including phenoxy) is 1. The quantitative estimate of drug-likeness (QED) is 0.255. The van der Waals surface area contributed by atoms with Crippen molar-refractivity contribution >= 4 is 40.0 Å². The summed E-state index contributed by atoms with van der Waals surface area (Å²) in [5, 5.41) is 15.1. The fraction of sp³-hybridized carbons (Fsp3) is 0.0714. The number of rotatable bonds is 6. The minimum atomic E-state index is -0.500. The first kappa shape index (κ1) is 22.1. The number of halogens is 1. The van der Waals surface area contributed by atoms with Crippen LogP contribution in [-0.4, -0.2) is 5.91 Å². The molecule has 0 aliphatic heterocycles. The summed E-state index contributed by atoms with van der Waals surface area (Å²) in [5.41, 5.74) is 3.20. The molecule has 0 fully saturated rings. The van der Waals surface area contributed by atoms with Gasteiger partial charge in [0.25, 0.3) is 5.91 Å². The Bertz CT molecular complexity index is 1400. The Labute approximate surface area is 197 Å². The second-order valence-electron chi connectivity index (χ2n) is 7.59. The molecule has 0 radical (unpaired) electrons. The second kappa shape index (κ2) is 10.0. The molecule has 0 saturated heterocycles. The van der Waals surface area contributed by atoms with E-state index in [1.165, 1.54) is 6.08 Å². The summed E-state index contributed by atoms with van der Waals surface area (Å²) < 4.78 is 6.01. The van der Waals surface area contributed by atoms with E-state index in [9.17, 15) is 10.1 Å². The van der Waals surface area contributed by atoms with Gasteiger partial charge in [0.15, 0.2) is 0 Å². The van der Waals surface area contributed by atoms with Crippen molar-refractivity contribution in [2.75, 3.05) is 5.32 Å². The van der Waals surface area contributed by atoms with E-state index >= 15 is 0 Å². The maximum absolute atomic E-state index is 12.6. The zero-order valence-electron chi connectivity index (χ0n) is 18.0. The standard InChI is InChI=1S/C28H21ClN2O2/c1-19-12-13-24(16-27(19)29)31-28(32)23(17-30)14-20-6-4-10-25(15-20)33-18-22-9-5-8-21-7-2-3-11-26(21)22/h2-16H,18H2,1H3,(H,31,32)/b23-14-. The third kappa shape index (κ3) is 5.41. The molecule has 0 heterocycles. The molecule has 1 N–H and O–H groups in total. The lowest BCUT2D eigenvalue weighted by molar-refractivity contribution is -0.112. The number of amides is 1. The van der Waals surface area contributed by atoms with Gasteiger partial charge in [0.1, 0.15) is 24.0 Å². The number of hydrogen-bond acceptors (Lipinski definition) is 3. The van der Waals surface area contributed by atoms with Crippen molar-refractivity contribution in [1.29, 1.82) is 5.26 Å². The number of nitrogens with zero attached hydrogens (tertiary/aromatic N) is 1. The molecule has 4 aromatic carbocycles. The minimum absolute atomic E-state index is 0.0158. The number of fused-ring (bicyclic) bond motifs is 1. The molecule has 33 heavy (non-hydrogen) atoms. The number of aryl methyl sites for hydroxylation is 1. The fourth-order valence-corrected chi connectivity index (χ4v) is 3.64. The van der Waals surface area contributed by atoms with Crippen molar-refractivity contribution in [3.8, 4) is 11.8 Å². The summed E-state index contributed by atoms with van der Waals surface area (Å²) in [7, 11) is 0. The van der Waals surface area contributed by atoms with Crippen molar-refractivity contribution in [3.63, 3.8) is 0 Å². The number of carbonyl (C=O) groups is 1. The molecule has 0 saturated carbocycles. The van der Waals surface area contributed by atoms with Crippen molar-refractivity contribution < 1.29 is 9.53 Å². The van der Waals surface area contributed by atoms with Crippen molar-refractivity contribution in [1.82, 2.24) is 0 Å². The van der Waals surface area contributed by atoms with Gasteiger partial charge in [0, 0.05) is 10.7 Å². The van der Waals surface area contributed by atoms with Gasteiger partial charge in [-0.3, -0.25) is 4.79 Å². The average molecular weight is 453 g/mol. The van der Waals surface area contributed by atoms with Crippen LogP contribution in [0.15, 0.2) is 90.5 Å². The van der Waals surface area contributed by atoms with Gasteiger partial charge in [-0.1, -0.05) is 72.3 Å². The maximum atomic E-state index is 12.6. The average Bonchev–Trinajstić information content (AvgIpc) is 2.83. The van der Waals surface area contributed by atoms with E-state index in [-0.39, 0.29) is 5.57 Å². The molecule has 4 aromatic rings. The van der Waals surface area contributed by atoms with Gasteiger partial charge in [-0.15, -0.1) is 0 Å². The predicted octanol–water partition coefficient (Wildman–Crippen LogP) is 6.93. The Hall–Kier alpha value is -4.07. The fourth-order valence-electron chi connectivity index (χ4n) is 3.46. The topological polar surface area (TPSA) is 62.1 Å². The Morgan fingerprint density at radius 3 is 2.64 bits per heavy atom. The molecule has 0 bridgehead atoms. The molecule has 4 nitrogen and oxygen atoms in total. The van der Waals surface area contributed by atoms with Gasteiger partial charge in [0.05, 0.1) is 0 Å². The van der Waals surface area contributed by atoms with Crippen LogP contribution in [0.5, 0.6) is 5.75 Å². The molecule has 0 aliphatic carbocycles. The van der Waals surface area contributed by atoms with Gasteiger partial charge in [-0.05, 0) is 64.7 Å². The predicted molar refractivity (Wildman–Crippen MR) is 133 cm³/mol. The third-order valence-electron chi connectivity index (χ3n) is 5.24. The molecule has 0 atom stereocenters. The monoisotopic (exact) mass is 452 g/mol. The smallest absolute Gasteiger partial charge is 0.266 e. The number of nitrogens with one attached hydrogen (secondary N) is 1. The van der Waals surface area contributed by atoms with Gasteiger partial charge < -0.3 is 10.1 Å². The van der Waals surface area contributed by atoms with Crippen LogP contribution in [-0.2, 0) is 11.4 Å². The summed E-state index contributed by atoms with van der Waals surface area (Å²) in [4.78, 5) is 12.6. The first-order chi connectivity index (χ1) is 16.0. The van der Waals surface area contributed by atoms with Gasteiger partial charge in [-0.2, -0.15) is 5.26 Å². The van der Waals surface area contributed by atoms with Gasteiger partial charge in [-0.25, -0.2) is 0 Å². The lowest BCUT2D eigenvalue weighted by atomic mass is 10.1. The van der Waals surface area contributed by atoms with E-state index in [2.05, 4.69) is 23.5 Å². The summed E-state index contributed by atoms with van der Waals surface area (Å²) >= 11 is 6.12. The van der Waals surface area contributed by atoms with Gasteiger partial charge >= 0.3 is 0 Å². The van der Waals surface area contributed by atoms with E-state index in [0.717, 1.165) is 21.9 Å². The Morgan fingerprint density at radius 1 is 1.03 bits per heavy atom. The molecule has 0 spiro atoms. The van der Waals surface area contributed by atoms with Crippen LogP contribution in [0.3, 0.4) is 0 Å². The number of nitriles is 1. The number of hydrogen-bond donors (Lipinski definition) is 1. The van der Waals surface area contributed by atoms with E-state index in [4.69, 9.17) is 16.3 Å². The molecule has 5 heteroatoms. The third-order valence-corrected chi connectivity index (χ3v) is 5.65. The molecule has 0 unspecified atom stereocenters. The van der Waals surface area contributed by atoms with Crippen LogP contribution in [0.25, 0.3) is 16.8 Å². The zero-order valence-corrected chi connectivity index (χ0v) is 18.8. The summed E-state index contributed by atoms with van der Waals surface area (Å²) in [6.45, 7) is 2.29. The van der Waals surface area contributed by atoms with Crippen LogP contribution >= 0.6 is 11.6 Å². The summed E-state index contributed by atoms with van der Waals surface area (Å²) in [6.07, 6.45) is 1.54. The highest BCUT2D eigenvalue weighted by Crippen LogP contribution is 2.23. The Balaban J connectivity index is 1.49. The van der Waals surface area contributed by atoms with Crippen LogP contribution in [0.4, 0.5) is 5.69 Å². The normalized spacial score (nSPS) is 11.1. The molecule has 0 aliphatic rings. The first-order valence-corrected chi connectivity index (χ1v) is 10.8. The molecule has 0 aromatic heterocycles. The van der Waals surface area contributed by atoms with E-state index in [1.54, 1.807) is 18.2 Å². The second-order valence-corrected chi connectivity index (χ2v) is 7.99. The highest BCUT2D eigenvalue weighted by Gasteiger charge is 2.11. The van der Waals surface area contributed by atoms with Crippen LogP contribution in [0.2, 0.25) is 5.02 Å². The van der Waals surface area contributed by atoms with Crippen molar-refractivity contribution in [3.05, 3.63) is 112 Å². The van der Waals surface area contributed by atoms with Crippen LogP contribution < -0.4 is 10.1 Å². The largest absolute Gasteiger partial charge is 0.489 e. The van der Waals surface area contributed by atoms with E-state index in [1.807, 2.05) is 61.5 Å². The lowest BCUT2D eigenvalue weighted by Crippen LogP contribution is -2.13. The SMILES string of the molecule is Cc1ccc(NC(=O)/C(C#N)=C\c2cccc(OCc3cccc4ccccc34)c2)cc1Cl. The zero-order chi connectivity index (χ0) is 23.2. The summed E-state index contributed by atoms with van der Waals surface area (Å²) in [6, 6.07) is 28.8. The number of carbonyl (C=O) groups excluding carboxylic acids is 1. The highest BCUT2D eigenvalue weighted by molar-refractivity contribution is 6.31. The maximum Gasteiger partial charge on any atom is 0.266 e. The highest BCUT2D eigenvalue weighted by atomic mass is 35.5. The van der Waals surface area contributed by atoms with Crippen molar-refractivity contribution in [2.45, 2.75) is 13.5 Å². The molecular weight excluding hydrogens is 432 g/mol. The van der Waals surface area contributed by atoms with E-state index in [0.29, 0.717) is 28.6 Å². The molecular formula is C28H21ClN2O2. The number of anilines is 1. The summed E-state index contributed by atoms with van der Waals surface area (Å²) in [5.74, 6) is 0.152. The van der Waals surface area contributed by atoms with E-state index < -0.39 is 5.91 Å². The first-order valence-electron chi connectivity index (χ1n) is 10.4. The van der Waals surface area contributed by atoms with Gasteiger partial charge in [0.2, 0.25) is 0 Å². The Kier molecular flexibility index (Phi) is 6.73. The molecule has 162 valence electrons. The molecule has 4 rings (SSSR count). The molecule has 1 amide bonds.